The van der Waals surface area contributed by atoms with Crippen LogP contribution in [0.4, 0.5) is 0 Å². The number of hydrogen-bond donors (Lipinski definition) is 1. The van der Waals surface area contributed by atoms with Gasteiger partial charge in [-0.1, -0.05) is 25.3 Å². The average molecular weight is 420 g/mol. The molecule has 3 heterocycles. The van der Waals surface area contributed by atoms with E-state index in [1.54, 1.807) is 0 Å². The van der Waals surface area contributed by atoms with Gasteiger partial charge in [0.25, 0.3) is 5.91 Å². The molecule has 1 aliphatic carbocycles. The summed E-state index contributed by atoms with van der Waals surface area (Å²) in [4.78, 5) is 30.9. The van der Waals surface area contributed by atoms with Gasteiger partial charge in [-0.2, -0.15) is 0 Å². The number of carbonyl (C=O) groups excluding carboxylic acids is 2. The highest BCUT2D eigenvalue weighted by molar-refractivity contribution is 7.12. The Bertz CT molecular complexity index is 681. The highest BCUT2D eigenvalue weighted by Crippen LogP contribution is 2.34. The molecule has 2 amide bonds. The maximum atomic E-state index is 13.0. The number of hydrogen-bond acceptors (Lipinski definition) is 5. The smallest absolute Gasteiger partial charge is 0.263 e. The molecule has 2 saturated heterocycles. The van der Waals surface area contributed by atoms with Crippen molar-refractivity contribution in [3.8, 4) is 0 Å². The Kier molecular flexibility index (Phi) is 6.88. The molecule has 3 fully saturated rings. The van der Waals surface area contributed by atoms with E-state index >= 15 is 0 Å². The summed E-state index contributed by atoms with van der Waals surface area (Å²) in [5.41, 5.74) is 0.0822. The van der Waals surface area contributed by atoms with Crippen LogP contribution < -0.4 is 5.32 Å². The van der Waals surface area contributed by atoms with Crippen molar-refractivity contribution in [3.63, 3.8) is 0 Å². The zero-order chi connectivity index (χ0) is 20.1. The minimum absolute atomic E-state index is 0.0644. The summed E-state index contributed by atoms with van der Waals surface area (Å²) in [7, 11) is 0. The van der Waals surface area contributed by atoms with Crippen molar-refractivity contribution in [3.05, 3.63) is 22.4 Å². The Morgan fingerprint density at radius 3 is 2.66 bits per heavy atom. The van der Waals surface area contributed by atoms with E-state index in [1.807, 2.05) is 22.4 Å². The largest absolute Gasteiger partial charge is 0.379 e. The van der Waals surface area contributed by atoms with Gasteiger partial charge < -0.3 is 15.0 Å². The third-order valence-electron chi connectivity index (χ3n) is 6.87. The van der Waals surface area contributed by atoms with Gasteiger partial charge in [-0.15, -0.1) is 11.3 Å². The molecule has 1 aromatic rings. The standard InChI is InChI=1S/C22H33N3O3S/c26-20(18-6-4-10-24(16-18)21(27)19-7-5-15-29-19)23-17-22(8-2-1-3-9-22)25-11-13-28-14-12-25/h5,7,15,18H,1-4,6,8-14,16-17H2,(H,23,26). The second-order valence-corrected chi connectivity index (χ2v) is 9.62. The summed E-state index contributed by atoms with van der Waals surface area (Å²) in [5.74, 6) is 0.0828. The van der Waals surface area contributed by atoms with Crippen LogP contribution >= 0.6 is 11.3 Å². The van der Waals surface area contributed by atoms with Crippen molar-refractivity contribution in [2.45, 2.75) is 50.5 Å². The Morgan fingerprint density at radius 1 is 1.14 bits per heavy atom. The van der Waals surface area contributed by atoms with Crippen LogP contribution in [0.25, 0.3) is 0 Å². The molecule has 1 N–H and O–H groups in total. The predicted octanol–water partition coefficient (Wildman–Crippen LogP) is 2.75. The minimum Gasteiger partial charge on any atom is -0.379 e. The molecule has 0 spiro atoms. The zero-order valence-corrected chi connectivity index (χ0v) is 18.1. The van der Waals surface area contributed by atoms with Crippen LogP contribution in [0.1, 0.15) is 54.6 Å². The molecule has 1 aromatic heterocycles. The number of morpholine rings is 1. The van der Waals surface area contributed by atoms with E-state index in [0.717, 1.165) is 70.0 Å². The maximum absolute atomic E-state index is 13.0. The lowest BCUT2D eigenvalue weighted by atomic mass is 9.79. The first kappa shape index (κ1) is 20.8. The lowest BCUT2D eigenvalue weighted by Crippen LogP contribution is -2.60. The lowest BCUT2D eigenvalue weighted by Gasteiger charge is -2.48. The van der Waals surface area contributed by atoms with Crippen LogP contribution in [0.2, 0.25) is 0 Å². The second kappa shape index (κ2) is 9.58. The SMILES string of the molecule is O=C(NCC1(N2CCOCC2)CCCCC1)C1CCCN(C(=O)c2cccs2)C1. The summed E-state index contributed by atoms with van der Waals surface area (Å²) in [6, 6.07) is 3.77. The topological polar surface area (TPSA) is 61.9 Å². The summed E-state index contributed by atoms with van der Waals surface area (Å²) < 4.78 is 5.56. The number of nitrogens with zero attached hydrogens (tertiary/aromatic N) is 2. The van der Waals surface area contributed by atoms with Crippen molar-refractivity contribution < 1.29 is 14.3 Å². The Morgan fingerprint density at radius 2 is 1.93 bits per heavy atom. The van der Waals surface area contributed by atoms with Gasteiger partial charge in [-0.3, -0.25) is 14.5 Å². The number of piperidine rings is 1. The maximum Gasteiger partial charge on any atom is 0.263 e. The summed E-state index contributed by atoms with van der Waals surface area (Å²) >= 11 is 1.47. The molecule has 0 radical (unpaired) electrons. The molecule has 29 heavy (non-hydrogen) atoms. The van der Waals surface area contributed by atoms with E-state index in [1.165, 1.54) is 30.6 Å². The Hall–Kier alpha value is -1.44. The van der Waals surface area contributed by atoms with Gasteiger partial charge in [0.1, 0.15) is 0 Å². The third kappa shape index (κ3) is 4.84. The van der Waals surface area contributed by atoms with E-state index in [2.05, 4.69) is 10.2 Å². The summed E-state index contributed by atoms with van der Waals surface area (Å²) in [6.07, 6.45) is 7.83. The number of nitrogens with one attached hydrogen (secondary N) is 1. The van der Waals surface area contributed by atoms with Crippen molar-refractivity contribution in [1.82, 2.24) is 15.1 Å². The molecule has 0 bridgehead atoms. The van der Waals surface area contributed by atoms with E-state index in [9.17, 15) is 9.59 Å². The van der Waals surface area contributed by atoms with Gasteiger partial charge in [0.2, 0.25) is 5.91 Å². The Balaban J connectivity index is 1.35. The second-order valence-electron chi connectivity index (χ2n) is 8.67. The van der Waals surface area contributed by atoms with Crippen LogP contribution in [-0.2, 0) is 9.53 Å². The normalized spacial score (nSPS) is 25.5. The summed E-state index contributed by atoms with van der Waals surface area (Å²) in [5, 5.41) is 5.22. The van der Waals surface area contributed by atoms with Crippen molar-refractivity contribution >= 4 is 23.2 Å². The first-order valence-electron chi connectivity index (χ1n) is 11.1. The van der Waals surface area contributed by atoms with Gasteiger partial charge in [0.05, 0.1) is 24.0 Å². The monoisotopic (exact) mass is 419 g/mol. The van der Waals surface area contributed by atoms with E-state index in [4.69, 9.17) is 4.74 Å². The molecule has 0 aromatic carbocycles. The molecule has 3 aliphatic rings. The van der Waals surface area contributed by atoms with Crippen molar-refractivity contribution in [2.24, 2.45) is 5.92 Å². The first-order chi connectivity index (χ1) is 14.2. The Labute approximate surface area is 177 Å². The van der Waals surface area contributed by atoms with E-state index < -0.39 is 0 Å². The molecule has 6 nitrogen and oxygen atoms in total. The number of ether oxygens (including phenoxy) is 1. The fourth-order valence-corrected chi connectivity index (χ4v) is 5.87. The highest BCUT2D eigenvalue weighted by atomic mass is 32.1. The first-order valence-corrected chi connectivity index (χ1v) is 12.0. The highest BCUT2D eigenvalue weighted by Gasteiger charge is 2.39. The fourth-order valence-electron chi connectivity index (χ4n) is 5.18. The van der Waals surface area contributed by atoms with Crippen LogP contribution in [0.15, 0.2) is 17.5 Å². The van der Waals surface area contributed by atoms with Crippen LogP contribution in [0.3, 0.4) is 0 Å². The van der Waals surface area contributed by atoms with Gasteiger partial charge in [-0.25, -0.2) is 0 Å². The van der Waals surface area contributed by atoms with Crippen LogP contribution in [-0.4, -0.2) is 73.1 Å². The molecule has 1 saturated carbocycles. The molecular formula is C22H33N3O3S. The molecule has 4 rings (SSSR count). The van der Waals surface area contributed by atoms with Crippen molar-refractivity contribution in [1.29, 1.82) is 0 Å². The molecule has 1 atom stereocenters. The van der Waals surface area contributed by atoms with E-state index in [0.29, 0.717) is 6.54 Å². The van der Waals surface area contributed by atoms with E-state index in [-0.39, 0.29) is 23.3 Å². The lowest BCUT2D eigenvalue weighted by molar-refractivity contribution is -0.127. The third-order valence-corrected chi connectivity index (χ3v) is 7.73. The average Bonchev–Trinajstić information content (AvgIpc) is 3.33. The number of rotatable bonds is 5. The molecule has 2 aliphatic heterocycles. The number of amides is 2. The van der Waals surface area contributed by atoms with Gasteiger partial charge in [0.15, 0.2) is 0 Å². The van der Waals surface area contributed by atoms with Crippen LogP contribution in [0.5, 0.6) is 0 Å². The van der Waals surface area contributed by atoms with Gasteiger partial charge >= 0.3 is 0 Å². The van der Waals surface area contributed by atoms with Gasteiger partial charge in [0, 0.05) is 38.3 Å². The minimum atomic E-state index is -0.0991. The molecule has 160 valence electrons. The predicted molar refractivity (Wildman–Crippen MR) is 114 cm³/mol. The molecular weight excluding hydrogens is 386 g/mol. The number of thiophene rings is 1. The quantitative estimate of drug-likeness (QED) is 0.797. The van der Waals surface area contributed by atoms with Gasteiger partial charge in [-0.05, 0) is 37.1 Å². The van der Waals surface area contributed by atoms with Crippen LogP contribution in [0, 0.1) is 5.92 Å². The number of likely N-dealkylation sites (tertiary alicyclic amines) is 1. The molecule has 7 heteroatoms. The molecule has 1 unspecified atom stereocenters. The fraction of sp³-hybridized carbons (Fsp3) is 0.727. The van der Waals surface area contributed by atoms with Crippen molar-refractivity contribution in [2.75, 3.05) is 45.9 Å². The zero-order valence-electron chi connectivity index (χ0n) is 17.2. The number of carbonyl (C=O) groups is 2. The summed E-state index contributed by atoms with van der Waals surface area (Å²) in [6.45, 7) is 5.51.